The maximum absolute atomic E-state index is 11.5. The Morgan fingerprint density at radius 2 is 2.05 bits per heavy atom. The number of aromatic nitrogens is 1. The molecule has 0 radical (unpaired) electrons. The van der Waals surface area contributed by atoms with Gasteiger partial charge in [-0.3, -0.25) is 15.1 Å². The van der Waals surface area contributed by atoms with Crippen LogP contribution in [0.25, 0.3) is 0 Å². The minimum absolute atomic E-state index is 0.0715. The number of hydrogen-bond donors (Lipinski definition) is 0. The Bertz CT molecular complexity index is 791. The highest BCUT2D eigenvalue weighted by Gasteiger charge is 2.21. The zero-order valence-electron chi connectivity index (χ0n) is 12.1. The van der Waals surface area contributed by atoms with E-state index in [9.17, 15) is 18.5 Å². The second kappa shape index (κ2) is 6.10. The molecule has 0 bridgehead atoms. The summed E-state index contributed by atoms with van der Waals surface area (Å²) in [6.07, 6.45) is 4.34. The fraction of sp³-hybridized carbons (Fsp3) is 0.214. The third-order valence-electron chi connectivity index (χ3n) is 3.13. The molecule has 22 heavy (non-hydrogen) atoms. The standard InChI is InChI=1S/C14H15N3O4S/c1-16(10-11-4-3-7-15-9-11)13-6-5-12(22(2,20)21)8-14(13)17(18)19/h3-9H,10H2,1-2H3. The molecule has 1 heterocycles. The van der Waals surface area contributed by atoms with Gasteiger partial charge in [0.15, 0.2) is 9.84 Å². The molecular formula is C14H15N3O4S. The van der Waals surface area contributed by atoms with Gasteiger partial charge in [-0.1, -0.05) is 6.07 Å². The van der Waals surface area contributed by atoms with Gasteiger partial charge in [-0.25, -0.2) is 8.42 Å². The average molecular weight is 321 g/mol. The maximum atomic E-state index is 11.5. The third-order valence-corrected chi connectivity index (χ3v) is 4.24. The van der Waals surface area contributed by atoms with E-state index in [-0.39, 0.29) is 10.6 Å². The van der Waals surface area contributed by atoms with Gasteiger partial charge in [-0.15, -0.1) is 0 Å². The Labute approximate surface area is 128 Å². The molecule has 0 fully saturated rings. The highest BCUT2D eigenvalue weighted by molar-refractivity contribution is 7.90. The molecular weight excluding hydrogens is 306 g/mol. The van der Waals surface area contributed by atoms with Crippen molar-refractivity contribution >= 4 is 21.2 Å². The van der Waals surface area contributed by atoms with Crippen LogP contribution in [0.15, 0.2) is 47.6 Å². The summed E-state index contributed by atoms with van der Waals surface area (Å²) in [6.45, 7) is 0.424. The predicted octanol–water partition coefficient (Wildman–Crippen LogP) is 2.03. The van der Waals surface area contributed by atoms with Crippen molar-refractivity contribution in [3.05, 3.63) is 58.4 Å². The normalized spacial score (nSPS) is 11.2. The van der Waals surface area contributed by atoms with Crippen LogP contribution in [0, 0.1) is 10.1 Å². The lowest BCUT2D eigenvalue weighted by Gasteiger charge is -2.19. The molecule has 0 atom stereocenters. The van der Waals surface area contributed by atoms with Crippen LogP contribution in [0.2, 0.25) is 0 Å². The first-order valence-electron chi connectivity index (χ1n) is 6.37. The second-order valence-electron chi connectivity index (χ2n) is 4.90. The van der Waals surface area contributed by atoms with Crippen LogP contribution in [0.3, 0.4) is 0 Å². The van der Waals surface area contributed by atoms with Gasteiger partial charge in [0.2, 0.25) is 0 Å². The van der Waals surface area contributed by atoms with Gasteiger partial charge in [0.25, 0.3) is 5.69 Å². The highest BCUT2D eigenvalue weighted by Crippen LogP contribution is 2.30. The van der Waals surface area contributed by atoms with Crippen LogP contribution in [0.4, 0.5) is 11.4 Å². The monoisotopic (exact) mass is 321 g/mol. The predicted molar refractivity (Wildman–Crippen MR) is 82.6 cm³/mol. The molecule has 0 aliphatic carbocycles. The van der Waals surface area contributed by atoms with Crippen LogP contribution in [0.1, 0.15) is 5.56 Å². The average Bonchev–Trinajstić information content (AvgIpc) is 2.46. The van der Waals surface area contributed by atoms with Gasteiger partial charge in [0, 0.05) is 38.3 Å². The minimum Gasteiger partial charge on any atom is -0.365 e. The van der Waals surface area contributed by atoms with Crippen molar-refractivity contribution in [1.29, 1.82) is 0 Å². The van der Waals surface area contributed by atoms with E-state index in [4.69, 9.17) is 0 Å². The zero-order valence-corrected chi connectivity index (χ0v) is 12.9. The number of anilines is 1. The molecule has 0 amide bonds. The number of pyridine rings is 1. The SMILES string of the molecule is CN(Cc1cccnc1)c1ccc(S(C)(=O)=O)cc1[N+](=O)[O-]. The zero-order chi connectivity index (χ0) is 16.3. The van der Waals surface area contributed by atoms with Crippen molar-refractivity contribution in [1.82, 2.24) is 4.98 Å². The smallest absolute Gasteiger partial charge is 0.293 e. The number of benzene rings is 1. The Hall–Kier alpha value is -2.48. The molecule has 0 aliphatic rings. The lowest BCUT2D eigenvalue weighted by atomic mass is 10.2. The summed E-state index contributed by atoms with van der Waals surface area (Å²) in [7, 11) is -1.79. The third kappa shape index (κ3) is 3.59. The van der Waals surface area contributed by atoms with Crippen molar-refractivity contribution in [3.63, 3.8) is 0 Å². The van der Waals surface area contributed by atoms with Crippen LogP contribution in [0.5, 0.6) is 0 Å². The first-order valence-corrected chi connectivity index (χ1v) is 8.26. The summed E-state index contributed by atoms with van der Waals surface area (Å²) in [5.74, 6) is 0. The number of nitro groups is 1. The van der Waals surface area contributed by atoms with Crippen LogP contribution >= 0.6 is 0 Å². The summed E-state index contributed by atoms with van der Waals surface area (Å²) >= 11 is 0. The van der Waals surface area contributed by atoms with E-state index < -0.39 is 14.8 Å². The topological polar surface area (TPSA) is 93.4 Å². The number of rotatable bonds is 5. The number of sulfone groups is 1. The molecule has 7 nitrogen and oxygen atoms in total. The Morgan fingerprint density at radius 1 is 1.32 bits per heavy atom. The highest BCUT2D eigenvalue weighted by atomic mass is 32.2. The molecule has 0 unspecified atom stereocenters. The number of nitro benzene ring substituents is 1. The molecule has 1 aromatic heterocycles. The van der Waals surface area contributed by atoms with Crippen LogP contribution in [-0.2, 0) is 16.4 Å². The molecule has 0 saturated carbocycles. The van der Waals surface area contributed by atoms with E-state index >= 15 is 0 Å². The van der Waals surface area contributed by atoms with Gasteiger partial charge in [0.05, 0.1) is 9.82 Å². The molecule has 2 aromatic rings. The van der Waals surface area contributed by atoms with E-state index in [1.807, 2.05) is 6.07 Å². The molecule has 116 valence electrons. The van der Waals surface area contributed by atoms with E-state index in [0.717, 1.165) is 17.9 Å². The summed E-state index contributed by atoms with van der Waals surface area (Å²) in [4.78, 5) is 16.3. The van der Waals surface area contributed by atoms with Crippen LogP contribution in [-0.4, -0.2) is 31.6 Å². The van der Waals surface area contributed by atoms with Gasteiger partial charge < -0.3 is 4.90 Å². The Morgan fingerprint density at radius 3 is 2.59 bits per heavy atom. The molecule has 0 aliphatic heterocycles. The molecule has 0 spiro atoms. The van der Waals surface area contributed by atoms with Crippen molar-refractivity contribution in [2.45, 2.75) is 11.4 Å². The van der Waals surface area contributed by atoms with Gasteiger partial charge in [0.1, 0.15) is 5.69 Å². The van der Waals surface area contributed by atoms with Crippen molar-refractivity contribution in [3.8, 4) is 0 Å². The minimum atomic E-state index is -3.49. The molecule has 0 saturated heterocycles. The molecule has 8 heteroatoms. The molecule has 1 aromatic carbocycles. The summed E-state index contributed by atoms with van der Waals surface area (Å²) in [6, 6.07) is 7.55. The maximum Gasteiger partial charge on any atom is 0.293 e. The molecule has 0 N–H and O–H groups in total. The summed E-state index contributed by atoms with van der Waals surface area (Å²) in [5.41, 5.74) is 1.00. The lowest BCUT2D eigenvalue weighted by Crippen LogP contribution is -2.18. The Balaban J connectivity index is 2.40. The second-order valence-corrected chi connectivity index (χ2v) is 6.91. The number of hydrogen-bond acceptors (Lipinski definition) is 6. The van der Waals surface area contributed by atoms with Gasteiger partial charge in [-0.05, 0) is 23.8 Å². The van der Waals surface area contributed by atoms with Crippen molar-refractivity contribution in [2.24, 2.45) is 0 Å². The van der Waals surface area contributed by atoms with E-state index in [1.165, 1.54) is 12.1 Å². The first-order chi connectivity index (χ1) is 10.3. The summed E-state index contributed by atoms with van der Waals surface area (Å²) < 4.78 is 23.1. The van der Waals surface area contributed by atoms with Gasteiger partial charge >= 0.3 is 0 Å². The van der Waals surface area contributed by atoms with Crippen molar-refractivity contribution in [2.75, 3.05) is 18.2 Å². The lowest BCUT2D eigenvalue weighted by molar-refractivity contribution is -0.384. The summed E-state index contributed by atoms with van der Waals surface area (Å²) in [5, 5.41) is 11.2. The quantitative estimate of drug-likeness (QED) is 0.618. The van der Waals surface area contributed by atoms with E-state index in [0.29, 0.717) is 12.2 Å². The van der Waals surface area contributed by atoms with Gasteiger partial charge in [-0.2, -0.15) is 0 Å². The first kappa shape index (κ1) is 15.9. The van der Waals surface area contributed by atoms with E-state index in [2.05, 4.69) is 4.98 Å². The fourth-order valence-electron chi connectivity index (χ4n) is 2.05. The number of nitrogens with zero attached hydrogens (tertiary/aromatic N) is 3. The van der Waals surface area contributed by atoms with Crippen molar-refractivity contribution < 1.29 is 13.3 Å². The molecule has 2 rings (SSSR count). The van der Waals surface area contributed by atoms with Crippen LogP contribution < -0.4 is 4.90 Å². The Kier molecular flexibility index (Phi) is 4.41. The fourth-order valence-corrected chi connectivity index (χ4v) is 2.69. The largest absolute Gasteiger partial charge is 0.365 e. The van der Waals surface area contributed by atoms with E-state index in [1.54, 1.807) is 30.4 Å².